The third-order valence-corrected chi connectivity index (χ3v) is 7.42. The van der Waals surface area contributed by atoms with Crippen LogP contribution in [0.25, 0.3) is 10.1 Å². The summed E-state index contributed by atoms with van der Waals surface area (Å²) in [6, 6.07) is 4.79. The second kappa shape index (κ2) is 9.47. The van der Waals surface area contributed by atoms with Gasteiger partial charge in [0.2, 0.25) is 0 Å². The molecule has 0 bridgehead atoms. The Labute approximate surface area is 170 Å². The number of halogens is 3. The van der Waals surface area contributed by atoms with Crippen LogP contribution < -0.4 is 0 Å². The summed E-state index contributed by atoms with van der Waals surface area (Å²) in [5.41, 5.74) is -2.96. The highest BCUT2D eigenvalue weighted by atomic mass is 79.9. The molecule has 5 nitrogen and oxygen atoms in total. The predicted molar refractivity (Wildman–Crippen MR) is 110 cm³/mol. The molecule has 27 heavy (non-hydrogen) atoms. The lowest BCUT2D eigenvalue weighted by Gasteiger charge is -2.24. The first-order valence-corrected chi connectivity index (χ1v) is 10.9. The van der Waals surface area contributed by atoms with Gasteiger partial charge in [-0.15, -0.1) is 11.3 Å². The highest BCUT2D eigenvalue weighted by molar-refractivity contribution is 9.10. The van der Waals surface area contributed by atoms with Crippen LogP contribution in [0.3, 0.4) is 0 Å². The van der Waals surface area contributed by atoms with E-state index in [1.165, 1.54) is 6.34 Å². The molecule has 0 fully saturated rings. The van der Waals surface area contributed by atoms with Crippen molar-refractivity contribution in [3.05, 3.63) is 33.1 Å². The first-order valence-electron chi connectivity index (χ1n) is 8.13. The van der Waals surface area contributed by atoms with E-state index >= 15 is 8.78 Å². The maximum absolute atomic E-state index is 15.0. The number of hydrogen-bond donors (Lipinski definition) is 0. The fourth-order valence-corrected chi connectivity index (χ4v) is 5.71. The van der Waals surface area contributed by atoms with Gasteiger partial charge in [-0.2, -0.15) is 13.8 Å². The van der Waals surface area contributed by atoms with Gasteiger partial charge in [-0.25, -0.2) is 0 Å². The van der Waals surface area contributed by atoms with Crippen LogP contribution >= 0.6 is 35.6 Å². The molecule has 0 aliphatic rings. The zero-order valence-corrected chi connectivity index (χ0v) is 18.6. The van der Waals surface area contributed by atoms with Crippen LogP contribution in [0.5, 0.6) is 0 Å². The monoisotopic (exact) mass is 480 g/mol. The van der Waals surface area contributed by atoms with E-state index in [1.54, 1.807) is 51.0 Å². The quantitative estimate of drug-likeness (QED) is 0.271. The summed E-state index contributed by atoms with van der Waals surface area (Å²) >= 11 is 4.23. The van der Waals surface area contributed by atoms with E-state index in [-0.39, 0.29) is 22.6 Å². The topological polar surface area (TPSA) is 51.1 Å². The molecule has 0 spiro atoms. The normalized spacial score (nSPS) is 12.4. The third kappa shape index (κ3) is 5.09. The van der Waals surface area contributed by atoms with E-state index in [2.05, 4.69) is 20.9 Å². The van der Waals surface area contributed by atoms with Crippen LogP contribution in [-0.4, -0.2) is 44.5 Å². The van der Waals surface area contributed by atoms with Gasteiger partial charge >= 0.3 is 5.66 Å². The molecule has 148 valence electrons. The number of benzene rings is 1. The molecule has 2 aromatic rings. The number of aliphatic imine (C=N–C) groups is 1. The number of fused-ring (bicyclic) bond motifs is 1. The minimum absolute atomic E-state index is 0.131. The molecule has 0 saturated heterocycles. The van der Waals surface area contributed by atoms with Crippen molar-refractivity contribution < 1.29 is 22.6 Å². The fraction of sp³-hybridized carbons (Fsp3) is 0.412. The highest BCUT2D eigenvalue weighted by Crippen LogP contribution is 2.63. The maximum atomic E-state index is 15.0. The van der Waals surface area contributed by atoms with Crippen molar-refractivity contribution in [1.82, 2.24) is 4.90 Å². The predicted octanol–water partition coefficient (Wildman–Crippen LogP) is 5.83. The van der Waals surface area contributed by atoms with Gasteiger partial charge < -0.3 is 13.9 Å². The second-order valence-electron chi connectivity index (χ2n) is 5.60. The summed E-state index contributed by atoms with van der Waals surface area (Å²) in [6.07, 6.45) is 1.39. The average Bonchev–Trinajstić information content (AvgIpc) is 2.96. The second-order valence-corrected chi connectivity index (χ2v) is 9.04. The Morgan fingerprint density at radius 2 is 1.96 bits per heavy atom. The van der Waals surface area contributed by atoms with Gasteiger partial charge in [0.1, 0.15) is 0 Å². The average molecular weight is 481 g/mol. The van der Waals surface area contributed by atoms with Gasteiger partial charge in [-0.1, -0.05) is 0 Å². The summed E-state index contributed by atoms with van der Waals surface area (Å²) in [6.45, 7) is 3.56. The molecule has 10 heteroatoms. The fourth-order valence-electron chi connectivity index (χ4n) is 2.15. The lowest BCUT2D eigenvalue weighted by atomic mass is 10.1. The van der Waals surface area contributed by atoms with Crippen molar-refractivity contribution in [3.63, 3.8) is 0 Å². The Balaban J connectivity index is 2.45. The first kappa shape index (κ1) is 22.3. The first-order chi connectivity index (χ1) is 12.7. The molecular weight excluding hydrogens is 461 g/mol. The number of hydrogen-bond acceptors (Lipinski definition) is 4. The molecule has 1 heterocycles. The maximum Gasteiger partial charge on any atom is 0.349 e. The van der Waals surface area contributed by atoms with Crippen LogP contribution in [-0.2, 0) is 14.7 Å². The lowest BCUT2D eigenvalue weighted by molar-refractivity contribution is 0.0600. The van der Waals surface area contributed by atoms with Crippen molar-refractivity contribution in [3.8, 4) is 0 Å². The molecule has 0 aliphatic heterocycles. The van der Waals surface area contributed by atoms with Gasteiger partial charge in [-0.3, -0.25) is 4.79 Å². The van der Waals surface area contributed by atoms with Crippen molar-refractivity contribution in [1.29, 1.82) is 0 Å². The Morgan fingerprint density at radius 1 is 1.33 bits per heavy atom. The van der Waals surface area contributed by atoms with E-state index < -0.39 is 19.9 Å². The molecule has 0 unspecified atom stereocenters. The van der Waals surface area contributed by atoms with E-state index in [9.17, 15) is 4.79 Å². The van der Waals surface area contributed by atoms with Gasteiger partial charge in [0, 0.05) is 34.2 Å². The third-order valence-electron chi connectivity index (χ3n) is 3.28. The minimum atomic E-state index is -3.28. The van der Waals surface area contributed by atoms with Gasteiger partial charge in [0.25, 0.3) is 14.3 Å². The molecule has 0 aliphatic carbocycles. The summed E-state index contributed by atoms with van der Waals surface area (Å²) in [7, 11) is 1.08. The SMILES string of the molecule is CCOP(OCC)C(F)(F)c1sc2ccc(C(=O)/N=C/N(C)C)cc2c1Br. The number of rotatable bonds is 8. The van der Waals surface area contributed by atoms with Crippen molar-refractivity contribution in [2.24, 2.45) is 4.99 Å². The van der Waals surface area contributed by atoms with E-state index in [0.29, 0.717) is 15.6 Å². The molecule has 0 N–H and O–H groups in total. The number of carbonyl (C=O) groups is 1. The van der Waals surface area contributed by atoms with Crippen molar-refractivity contribution in [2.75, 3.05) is 27.3 Å². The van der Waals surface area contributed by atoms with E-state index in [0.717, 1.165) is 11.3 Å². The summed E-state index contributed by atoms with van der Waals surface area (Å²) in [5, 5.41) is 0.531. The van der Waals surface area contributed by atoms with Gasteiger partial charge in [-0.05, 0) is 48.0 Å². The Hall–Kier alpha value is -0.990. The zero-order valence-electron chi connectivity index (χ0n) is 15.3. The molecular formula is C17H20BrF2N2O3PS. The molecule has 1 aromatic heterocycles. The number of nitrogens with zero attached hydrogens (tertiary/aromatic N) is 2. The summed E-state index contributed by atoms with van der Waals surface area (Å²) < 4.78 is 41.3. The minimum Gasteiger partial charge on any atom is -0.369 e. The number of amides is 1. The van der Waals surface area contributed by atoms with E-state index in [1.807, 2.05) is 0 Å². The molecule has 1 aromatic carbocycles. The van der Waals surface area contributed by atoms with Crippen molar-refractivity contribution >= 4 is 58.0 Å². The Bertz CT molecular complexity index is 839. The Morgan fingerprint density at radius 3 is 2.52 bits per heavy atom. The van der Waals surface area contributed by atoms with Crippen LogP contribution in [0.2, 0.25) is 0 Å². The zero-order chi connectivity index (χ0) is 20.2. The van der Waals surface area contributed by atoms with Gasteiger partial charge in [0.15, 0.2) is 0 Å². The largest absolute Gasteiger partial charge is 0.369 e. The van der Waals surface area contributed by atoms with Gasteiger partial charge in [0.05, 0.1) is 24.4 Å². The van der Waals surface area contributed by atoms with Crippen LogP contribution in [0, 0.1) is 0 Å². The molecule has 0 radical (unpaired) electrons. The lowest BCUT2D eigenvalue weighted by Crippen LogP contribution is -2.13. The number of thiophene rings is 1. The summed E-state index contributed by atoms with van der Waals surface area (Å²) in [4.78, 5) is 17.5. The standard InChI is InChI=1S/C17H20BrF2N2O3PS/c1-5-24-26(25-6-2)17(19,20)15-14(18)12-9-11(7-8-13(12)27-15)16(23)21-10-22(3)4/h7-10H,5-6H2,1-4H3/b21-10+. The Kier molecular flexibility index (Phi) is 7.83. The molecule has 1 amide bonds. The molecule has 0 atom stereocenters. The van der Waals surface area contributed by atoms with Crippen LogP contribution in [0.15, 0.2) is 27.7 Å². The molecule has 2 rings (SSSR count). The smallest absolute Gasteiger partial charge is 0.349 e. The van der Waals surface area contributed by atoms with Crippen LogP contribution in [0.4, 0.5) is 8.78 Å². The number of alkyl halides is 2. The van der Waals surface area contributed by atoms with Crippen LogP contribution in [0.1, 0.15) is 29.1 Å². The highest BCUT2D eigenvalue weighted by Gasteiger charge is 2.47. The molecule has 0 saturated carbocycles. The van der Waals surface area contributed by atoms with E-state index in [4.69, 9.17) is 9.05 Å². The summed E-state index contributed by atoms with van der Waals surface area (Å²) in [5.74, 6) is -0.442. The number of carbonyl (C=O) groups excluding carboxylic acids is 1. The van der Waals surface area contributed by atoms with Crippen molar-refractivity contribution in [2.45, 2.75) is 19.5 Å².